The van der Waals surface area contributed by atoms with Crippen LogP contribution in [-0.4, -0.2) is 42.6 Å². The number of carbonyl (C=O) groups is 1. The Balaban J connectivity index is 2.39. The van der Waals surface area contributed by atoms with Crippen LogP contribution in [0.1, 0.15) is 46.5 Å². The van der Waals surface area contributed by atoms with Gasteiger partial charge in [-0.3, -0.25) is 4.79 Å². The quantitative estimate of drug-likeness (QED) is 0.673. The lowest BCUT2D eigenvalue weighted by Crippen LogP contribution is -2.48. The zero-order chi connectivity index (χ0) is 13.8. The van der Waals surface area contributed by atoms with E-state index >= 15 is 0 Å². The summed E-state index contributed by atoms with van der Waals surface area (Å²) in [5.41, 5.74) is 5.13. The van der Waals surface area contributed by atoms with Crippen molar-refractivity contribution in [3.63, 3.8) is 0 Å². The fourth-order valence-corrected chi connectivity index (χ4v) is 2.05. The van der Waals surface area contributed by atoms with Gasteiger partial charge in [-0.1, -0.05) is 13.8 Å². The van der Waals surface area contributed by atoms with Gasteiger partial charge in [0, 0.05) is 12.6 Å². The monoisotopic (exact) mass is 256 g/mol. The predicted molar refractivity (Wildman–Crippen MR) is 73.3 cm³/mol. The van der Waals surface area contributed by atoms with Gasteiger partial charge in [-0.25, -0.2) is 0 Å². The third-order valence-electron chi connectivity index (χ3n) is 3.63. The van der Waals surface area contributed by atoms with E-state index in [0.29, 0.717) is 6.42 Å². The average molecular weight is 256 g/mol. The fourth-order valence-electron chi connectivity index (χ4n) is 2.05. The van der Waals surface area contributed by atoms with Crippen LogP contribution < -0.4 is 5.73 Å². The Morgan fingerprint density at radius 2 is 2.06 bits per heavy atom. The van der Waals surface area contributed by atoms with Crippen LogP contribution in [0.25, 0.3) is 0 Å². The van der Waals surface area contributed by atoms with Crippen LogP contribution in [-0.2, 0) is 9.53 Å². The van der Waals surface area contributed by atoms with Crippen molar-refractivity contribution in [1.82, 2.24) is 4.90 Å². The highest BCUT2D eigenvalue weighted by Gasteiger charge is 2.33. The number of nitrogens with zero attached hydrogens (tertiary/aromatic N) is 1. The molecule has 4 nitrogen and oxygen atoms in total. The molecule has 0 saturated heterocycles. The highest BCUT2D eigenvalue weighted by Crippen LogP contribution is 2.28. The van der Waals surface area contributed by atoms with Gasteiger partial charge in [0.2, 0.25) is 0 Å². The minimum Gasteiger partial charge on any atom is -0.468 e. The minimum absolute atomic E-state index is 0.317. The Labute approximate surface area is 111 Å². The highest BCUT2D eigenvalue weighted by molar-refractivity contribution is 5.79. The Hall–Kier alpha value is -0.610. The summed E-state index contributed by atoms with van der Waals surface area (Å²) in [7, 11) is 1.39. The molecule has 1 aliphatic carbocycles. The predicted octanol–water partition coefficient (Wildman–Crippen LogP) is 1.78. The smallest absolute Gasteiger partial charge is 0.325 e. The Morgan fingerprint density at radius 1 is 1.44 bits per heavy atom. The minimum atomic E-state index is -0.861. The molecule has 1 saturated carbocycles. The van der Waals surface area contributed by atoms with Crippen molar-refractivity contribution in [3.05, 3.63) is 0 Å². The summed E-state index contributed by atoms with van der Waals surface area (Å²) in [4.78, 5) is 14.0. The summed E-state index contributed by atoms with van der Waals surface area (Å²) in [6.07, 6.45) is 4.44. The maximum atomic E-state index is 11.5. The van der Waals surface area contributed by atoms with E-state index in [2.05, 4.69) is 18.7 Å². The molecular weight excluding hydrogens is 228 g/mol. The van der Waals surface area contributed by atoms with E-state index in [1.807, 2.05) is 0 Å². The molecule has 1 rings (SSSR count). The van der Waals surface area contributed by atoms with E-state index in [9.17, 15) is 4.79 Å². The molecule has 106 valence electrons. The van der Waals surface area contributed by atoms with Gasteiger partial charge in [-0.15, -0.1) is 0 Å². The molecule has 2 N–H and O–H groups in total. The molecular formula is C14H28N2O2. The van der Waals surface area contributed by atoms with Crippen molar-refractivity contribution in [3.8, 4) is 0 Å². The molecule has 0 spiro atoms. The van der Waals surface area contributed by atoms with Crippen molar-refractivity contribution in [2.75, 3.05) is 20.2 Å². The van der Waals surface area contributed by atoms with Crippen LogP contribution in [0.2, 0.25) is 0 Å². The first-order chi connectivity index (χ1) is 8.36. The third kappa shape index (κ3) is 4.94. The first-order valence-corrected chi connectivity index (χ1v) is 6.98. The van der Waals surface area contributed by atoms with Gasteiger partial charge < -0.3 is 15.4 Å². The molecule has 1 fully saturated rings. The van der Waals surface area contributed by atoms with Crippen LogP contribution in [0, 0.1) is 5.92 Å². The number of carbonyl (C=O) groups excluding carboxylic acids is 1. The first-order valence-electron chi connectivity index (χ1n) is 6.98. The van der Waals surface area contributed by atoms with E-state index in [1.165, 1.54) is 26.4 Å². The van der Waals surface area contributed by atoms with E-state index in [0.717, 1.165) is 25.0 Å². The Bertz CT molecular complexity index is 273. The number of rotatable bonds is 8. The van der Waals surface area contributed by atoms with Gasteiger partial charge in [0.05, 0.1) is 7.11 Å². The van der Waals surface area contributed by atoms with Gasteiger partial charge in [0.15, 0.2) is 0 Å². The second-order valence-electron chi connectivity index (χ2n) is 6.11. The fraction of sp³-hybridized carbons (Fsp3) is 0.929. The molecule has 0 aromatic rings. The van der Waals surface area contributed by atoms with Crippen molar-refractivity contribution in [1.29, 1.82) is 0 Å². The molecule has 1 unspecified atom stereocenters. The molecule has 0 radical (unpaired) electrons. The van der Waals surface area contributed by atoms with Crippen LogP contribution in [0.3, 0.4) is 0 Å². The molecule has 0 aromatic carbocycles. The van der Waals surface area contributed by atoms with Crippen LogP contribution in [0.4, 0.5) is 0 Å². The number of nitrogens with two attached hydrogens (primary N) is 1. The molecule has 0 heterocycles. The van der Waals surface area contributed by atoms with Gasteiger partial charge in [-0.05, 0) is 45.1 Å². The number of ether oxygens (including phenoxy) is 1. The maximum absolute atomic E-state index is 11.5. The van der Waals surface area contributed by atoms with Crippen molar-refractivity contribution >= 4 is 5.97 Å². The molecule has 0 aromatic heterocycles. The Kier molecular flexibility index (Phi) is 5.60. The van der Waals surface area contributed by atoms with E-state index in [-0.39, 0.29) is 5.97 Å². The normalized spacial score (nSPS) is 19.1. The molecule has 0 aliphatic heterocycles. The summed E-state index contributed by atoms with van der Waals surface area (Å²) in [5, 5.41) is 0. The Morgan fingerprint density at radius 3 is 2.50 bits per heavy atom. The van der Waals surface area contributed by atoms with E-state index in [1.54, 1.807) is 6.92 Å². The number of hydrogen-bond donors (Lipinski definition) is 1. The third-order valence-corrected chi connectivity index (χ3v) is 3.63. The summed E-state index contributed by atoms with van der Waals surface area (Å²) >= 11 is 0. The lowest BCUT2D eigenvalue weighted by Gasteiger charge is -2.28. The summed E-state index contributed by atoms with van der Waals surface area (Å²) in [5.74, 6) is 0.401. The summed E-state index contributed by atoms with van der Waals surface area (Å²) in [6, 6.07) is 0.720. The van der Waals surface area contributed by atoms with E-state index in [4.69, 9.17) is 10.5 Å². The van der Waals surface area contributed by atoms with Crippen LogP contribution >= 0.6 is 0 Å². The molecule has 0 bridgehead atoms. The number of hydrogen-bond acceptors (Lipinski definition) is 4. The second kappa shape index (κ2) is 6.53. The highest BCUT2D eigenvalue weighted by atomic mass is 16.5. The summed E-state index contributed by atoms with van der Waals surface area (Å²) in [6.45, 7) is 8.24. The topological polar surface area (TPSA) is 55.6 Å². The first kappa shape index (κ1) is 15.4. The van der Waals surface area contributed by atoms with Gasteiger partial charge in [-0.2, -0.15) is 0 Å². The summed E-state index contributed by atoms with van der Waals surface area (Å²) < 4.78 is 4.74. The average Bonchev–Trinajstić information content (AvgIpc) is 3.11. The van der Waals surface area contributed by atoms with Gasteiger partial charge in [0.25, 0.3) is 0 Å². The molecule has 1 aliphatic rings. The second-order valence-corrected chi connectivity index (χ2v) is 6.11. The zero-order valence-corrected chi connectivity index (χ0v) is 12.2. The van der Waals surface area contributed by atoms with Crippen molar-refractivity contribution < 1.29 is 9.53 Å². The maximum Gasteiger partial charge on any atom is 0.325 e. The van der Waals surface area contributed by atoms with Crippen molar-refractivity contribution in [2.45, 2.75) is 58.0 Å². The largest absolute Gasteiger partial charge is 0.468 e. The standard InChI is InChI=1S/C14H28N2O2/c1-11(2)7-9-16(12-5-6-12)10-8-14(3,15)13(17)18-4/h11-12H,5-10,15H2,1-4H3. The zero-order valence-electron chi connectivity index (χ0n) is 12.2. The van der Waals surface area contributed by atoms with Gasteiger partial charge >= 0.3 is 5.97 Å². The number of methoxy groups -OCH3 is 1. The van der Waals surface area contributed by atoms with Gasteiger partial charge in [0.1, 0.15) is 5.54 Å². The molecule has 0 amide bonds. The molecule has 4 heteroatoms. The van der Waals surface area contributed by atoms with Crippen LogP contribution in [0.5, 0.6) is 0 Å². The van der Waals surface area contributed by atoms with Crippen LogP contribution in [0.15, 0.2) is 0 Å². The van der Waals surface area contributed by atoms with Crippen molar-refractivity contribution in [2.24, 2.45) is 11.7 Å². The SMILES string of the molecule is COC(=O)C(C)(N)CCN(CCC(C)C)C1CC1. The molecule has 1 atom stereocenters. The lowest BCUT2D eigenvalue weighted by molar-refractivity contribution is -0.146. The van der Waals surface area contributed by atoms with E-state index < -0.39 is 5.54 Å². The number of esters is 1. The lowest BCUT2D eigenvalue weighted by atomic mass is 9.99. The molecule has 18 heavy (non-hydrogen) atoms.